The Morgan fingerprint density at radius 2 is 1.73 bits per heavy atom. The number of carbonyl (C=O) groups excluding carboxylic acids is 1. The predicted molar refractivity (Wildman–Crippen MR) is 154 cm³/mol. The molecular weight excluding hydrogens is 544 g/mol. The first-order valence-corrected chi connectivity index (χ1v) is 15.5. The smallest absolute Gasteiger partial charge is 0.315 e. The molecule has 37 heavy (non-hydrogen) atoms. The molecule has 3 nitrogen and oxygen atoms in total. The minimum atomic E-state index is -1.05. The molecular formula is C29H21FO3S4. The first-order chi connectivity index (χ1) is 17.8. The van der Waals surface area contributed by atoms with Crippen molar-refractivity contribution in [2.75, 3.05) is 6.26 Å². The molecule has 0 spiro atoms. The average molecular weight is 565 g/mol. The topological polar surface area (TPSA) is 43.4 Å². The van der Waals surface area contributed by atoms with Crippen LogP contribution in [0.5, 0.6) is 5.75 Å². The van der Waals surface area contributed by atoms with Crippen LogP contribution in [0.2, 0.25) is 0 Å². The van der Waals surface area contributed by atoms with Crippen molar-refractivity contribution in [3.8, 4) is 16.2 Å². The lowest BCUT2D eigenvalue weighted by Crippen LogP contribution is -2.08. The lowest BCUT2D eigenvalue weighted by Gasteiger charge is -2.08. The number of benzene rings is 3. The van der Waals surface area contributed by atoms with Gasteiger partial charge in [0, 0.05) is 26.8 Å². The van der Waals surface area contributed by atoms with Gasteiger partial charge in [-0.05, 0) is 107 Å². The second kappa shape index (κ2) is 10.8. The van der Waals surface area contributed by atoms with E-state index in [4.69, 9.17) is 17.0 Å². The number of ether oxygens (including phenoxy) is 1. The minimum Gasteiger partial charge on any atom is -0.426 e. The molecule has 1 aromatic heterocycles. The number of hydrogen-bond donors (Lipinski definition) is 0. The Morgan fingerprint density at radius 1 is 1.00 bits per heavy atom. The summed E-state index contributed by atoms with van der Waals surface area (Å²) in [4.78, 5) is 14.8. The fourth-order valence-corrected chi connectivity index (χ4v) is 7.20. The summed E-state index contributed by atoms with van der Waals surface area (Å²) in [5, 5.41) is 0. The second-order valence-corrected chi connectivity index (χ2v) is 12.8. The SMILES string of the molecule is CC1=C(CC(=O)Oc2ccc(-c3cc(=S)ss3)cc2)c2cc(F)ccc2/C1=C\c1ccc(S(C)=O)cc1. The Labute approximate surface area is 229 Å². The van der Waals surface area contributed by atoms with E-state index in [2.05, 4.69) is 0 Å². The van der Waals surface area contributed by atoms with Gasteiger partial charge in [-0.1, -0.05) is 51.1 Å². The summed E-state index contributed by atoms with van der Waals surface area (Å²) in [7, 11) is 2.11. The average Bonchev–Trinajstić information content (AvgIpc) is 3.42. The normalized spacial score (nSPS) is 14.6. The molecule has 1 aliphatic rings. The first-order valence-electron chi connectivity index (χ1n) is 11.4. The van der Waals surface area contributed by atoms with Crippen molar-refractivity contribution in [3.63, 3.8) is 0 Å². The summed E-state index contributed by atoms with van der Waals surface area (Å²) in [6, 6.07) is 21.4. The van der Waals surface area contributed by atoms with E-state index >= 15 is 0 Å². The van der Waals surface area contributed by atoms with E-state index in [1.54, 1.807) is 45.1 Å². The zero-order chi connectivity index (χ0) is 26.1. The number of esters is 1. The summed E-state index contributed by atoms with van der Waals surface area (Å²) in [5.41, 5.74) is 6.07. The van der Waals surface area contributed by atoms with Crippen LogP contribution in [0.1, 0.15) is 30.0 Å². The van der Waals surface area contributed by atoms with Crippen LogP contribution in [0.3, 0.4) is 0 Å². The number of hydrogen-bond acceptors (Lipinski definition) is 6. The van der Waals surface area contributed by atoms with Crippen LogP contribution in [0, 0.1) is 9.64 Å². The van der Waals surface area contributed by atoms with Gasteiger partial charge < -0.3 is 4.74 Å². The summed E-state index contributed by atoms with van der Waals surface area (Å²) in [6.07, 6.45) is 3.66. The molecule has 3 aromatic carbocycles. The van der Waals surface area contributed by atoms with Gasteiger partial charge in [0.2, 0.25) is 0 Å². The lowest BCUT2D eigenvalue weighted by atomic mass is 10.0. The van der Waals surface area contributed by atoms with E-state index in [1.807, 2.05) is 55.5 Å². The molecule has 4 aromatic rings. The molecule has 5 rings (SSSR count). The van der Waals surface area contributed by atoms with Crippen LogP contribution in [-0.2, 0) is 15.6 Å². The molecule has 0 bridgehead atoms. The van der Waals surface area contributed by atoms with E-state index in [9.17, 15) is 13.4 Å². The van der Waals surface area contributed by atoms with Gasteiger partial charge in [-0.2, -0.15) is 0 Å². The van der Waals surface area contributed by atoms with Crippen molar-refractivity contribution < 1.29 is 18.1 Å². The molecule has 8 heteroatoms. The van der Waals surface area contributed by atoms with Crippen molar-refractivity contribution in [1.29, 1.82) is 0 Å². The number of allylic oxidation sites excluding steroid dienone is 2. The standard InChI is InChI=1S/C29H21FO3S4/c1-17-24(13-18-3-10-22(11-4-18)37(2)32)23-12-7-20(30)14-26(23)25(17)15-28(31)33-21-8-5-19(6-9-21)27-16-29(34)36-35-27/h3-14,16H,15H2,1-2H3/b24-13-. The van der Waals surface area contributed by atoms with Gasteiger partial charge in [0.15, 0.2) is 0 Å². The third kappa shape index (κ3) is 5.62. The summed E-state index contributed by atoms with van der Waals surface area (Å²) < 4.78 is 32.4. The first kappa shape index (κ1) is 25.6. The molecule has 0 amide bonds. The highest BCUT2D eigenvalue weighted by Gasteiger charge is 2.26. The molecule has 0 radical (unpaired) electrons. The van der Waals surface area contributed by atoms with Crippen molar-refractivity contribution >= 4 is 66.9 Å². The van der Waals surface area contributed by atoms with Crippen molar-refractivity contribution in [1.82, 2.24) is 0 Å². The van der Waals surface area contributed by atoms with Gasteiger partial charge in [0.1, 0.15) is 15.4 Å². The third-order valence-corrected chi connectivity index (χ3v) is 9.98. The summed E-state index contributed by atoms with van der Waals surface area (Å²) in [6.45, 7) is 1.94. The molecule has 0 saturated heterocycles. The fourth-order valence-electron chi connectivity index (χ4n) is 4.28. The fraction of sp³-hybridized carbons (Fsp3) is 0.103. The summed E-state index contributed by atoms with van der Waals surface area (Å²) >= 11 is 5.21. The largest absolute Gasteiger partial charge is 0.426 e. The predicted octanol–water partition coefficient (Wildman–Crippen LogP) is 8.41. The molecule has 1 atom stereocenters. The van der Waals surface area contributed by atoms with E-state index in [-0.39, 0.29) is 12.2 Å². The van der Waals surface area contributed by atoms with E-state index in [1.165, 1.54) is 12.1 Å². The zero-order valence-electron chi connectivity index (χ0n) is 19.9. The van der Waals surface area contributed by atoms with Crippen LogP contribution in [0.4, 0.5) is 4.39 Å². The number of fused-ring (bicyclic) bond motifs is 1. The van der Waals surface area contributed by atoms with E-state index in [0.29, 0.717) is 11.3 Å². The number of halogens is 1. The summed E-state index contributed by atoms with van der Waals surface area (Å²) in [5.74, 6) is -0.326. The van der Waals surface area contributed by atoms with Gasteiger partial charge in [-0.3, -0.25) is 9.00 Å². The third-order valence-electron chi connectivity index (χ3n) is 6.13. The minimum absolute atomic E-state index is 0.0149. The highest BCUT2D eigenvalue weighted by Crippen LogP contribution is 2.44. The Kier molecular flexibility index (Phi) is 7.44. The molecule has 0 aliphatic heterocycles. The zero-order valence-corrected chi connectivity index (χ0v) is 23.2. The molecule has 1 unspecified atom stereocenters. The molecule has 1 aliphatic carbocycles. The van der Waals surface area contributed by atoms with Crippen LogP contribution >= 0.6 is 32.9 Å². The Bertz CT molecular complexity index is 1640. The maximum absolute atomic E-state index is 14.2. The van der Waals surface area contributed by atoms with E-state index in [0.717, 1.165) is 47.0 Å². The molecule has 186 valence electrons. The van der Waals surface area contributed by atoms with Gasteiger partial charge >= 0.3 is 5.97 Å². The highest BCUT2D eigenvalue weighted by atomic mass is 32.9. The Morgan fingerprint density at radius 3 is 2.38 bits per heavy atom. The Hall–Kier alpha value is -3.04. The van der Waals surface area contributed by atoms with Crippen LogP contribution in [-0.4, -0.2) is 16.4 Å². The number of rotatable bonds is 6. The quantitative estimate of drug-likeness (QED) is 0.102. The van der Waals surface area contributed by atoms with Crippen LogP contribution in [0.15, 0.2) is 83.3 Å². The van der Waals surface area contributed by atoms with Crippen LogP contribution in [0.25, 0.3) is 27.7 Å². The van der Waals surface area contributed by atoms with Crippen LogP contribution < -0.4 is 4.74 Å². The highest BCUT2D eigenvalue weighted by molar-refractivity contribution is 7.84. The maximum atomic E-state index is 14.2. The van der Waals surface area contributed by atoms with Crippen molar-refractivity contribution in [2.45, 2.75) is 18.2 Å². The molecule has 1 heterocycles. The van der Waals surface area contributed by atoms with E-state index < -0.39 is 16.8 Å². The lowest BCUT2D eigenvalue weighted by molar-refractivity contribution is -0.133. The molecule has 0 fully saturated rings. The second-order valence-electron chi connectivity index (χ2n) is 8.54. The molecule has 0 N–H and O–H groups in total. The van der Waals surface area contributed by atoms with Gasteiger partial charge in [-0.25, -0.2) is 4.39 Å². The number of carbonyl (C=O) groups is 1. The maximum Gasteiger partial charge on any atom is 0.315 e. The Balaban J connectivity index is 1.39. The van der Waals surface area contributed by atoms with Gasteiger partial charge in [0.05, 0.1) is 6.42 Å². The monoisotopic (exact) mass is 564 g/mol. The van der Waals surface area contributed by atoms with Crippen molar-refractivity contribution in [2.24, 2.45) is 0 Å². The molecule has 0 saturated carbocycles. The van der Waals surface area contributed by atoms with Gasteiger partial charge in [-0.15, -0.1) is 0 Å². The van der Waals surface area contributed by atoms with Crippen molar-refractivity contribution in [3.05, 3.63) is 105 Å². The van der Waals surface area contributed by atoms with Gasteiger partial charge in [0.25, 0.3) is 0 Å².